The molecular weight excluding hydrogens is 274 g/mol. The predicted octanol–water partition coefficient (Wildman–Crippen LogP) is 0.702. The second kappa shape index (κ2) is 6.32. The second-order valence-electron chi connectivity index (χ2n) is 6.20. The summed E-state index contributed by atoms with van der Waals surface area (Å²) >= 11 is 0. The van der Waals surface area contributed by atoms with E-state index in [2.05, 4.69) is 0 Å². The molecule has 0 saturated carbocycles. The number of rotatable bonds is 3. The van der Waals surface area contributed by atoms with Crippen molar-refractivity contribution in [3.05, 3.63) is 0 Å². The zero-order chi connectivity index (χ0) is 16.4. The number of nitrogens with zero attached hydrogens (tertiary/aromatic N) is 3. The second-order valence-corrected chi connectivity index (χ2v) is 6.20. The number of hydrogen-bond acceptors (Lipinski definition) is 3. The van der Waals surface area contributed by atoms with Gasteiger partial charge in [0.25, 0.3) is 0 Å². The summed E-state index contributed by atoms with van der Waals surface area (Å²) in [4.78, 5) is 40.0. The lowest BCUT2D eigenvalue weighted by Crippen LogP contribution is -2.54. The van der Waals surface area contributed by atoms with Gasteiger partial charge in [0, 0.05) is 40.2 Å². The average molecular weight is 299 g/mol. The summed E-state index contributed by atoms with van der Waals surface area (Å²) in [6.45, 7) is 4.07. The Hall–Kier alpha value is -1.79. The van der Waals surface area contributed by atoms with E-state index in [9.17, 15) is 19.5 Å². The van der Waals surface area contributed by atoms with Crippen molar-refractivity contribution in [2.24, 2.45) is 5.92 Å². The third-order valence-corrected chi connectivity index (χ3v) is 4.19. The molecule has 0 aliphatic carbocycles. The maximum atomic E-state index is 12.4. The Balaban J connectivity index is 2.64. The number of aliphatic carboxylic acids is 1. The van der Waals surface area contributed by atoms with Crippen LogP contribution in [0.25, 0.3) is 0 Å². The van der Waals surface area contributed by atoms with Gasteiger partial charge < -0.3 is 19.8 Å². The first kappa shape index (κ1) is 17.3. The molecule has 1 fully saturated rings. The van der Waals surface area contributed by atoms with E-state index < -0.39 is 11.5 Å². The summed E-state index contributed by atoms with van der Waals surface area (Å²) in [5, 5.41) is 9.18. The minimum atomic E-state index is -1.23. The molecule has 0 aromatic heterocycles. The molecule has 7 nitrogen and oxygen atoms in total. The van der Waals surface area contributed by atoms with E-state index in [1.807, 2.05) is 0 Å². The fourth-order valence-electron chi connectivity index (χ4n) is 2.29. The molecule has 3 amide bonds. The molecule has 7 heteroatoms. The van der Waals surface area contributed by atoms with Gasteiger partial charge in [0.05, 0.1) is 0 Å². The van der Waals surface area contributed by atoms with Crippen LogP contribution in [0.4, 0.5) is 4.79 Å². The molecule has 0 aromatic carbocycles. The van der Waals surface area contributed by atoms with Gasteiger partial charge in [-0.15, -0.1) is 0 Å². The van der Waals surface area contributed by atoms with Crippen molar-refractivity contribution >= 4 is 17.9 Å². The van der Waals surface area contributed by atoms with Gasteiger partial charge in [-0.2, -0.15) is 0 Å². The Labute approximate surface area is 125 Å². The van der Waals surface area contributed by atoms with Gasteiger partial charge in [-0.3, -0.25) is 4.79 Å². The maximum absolute atomic E-state index is 12.4. The quantitative estimate of drug-likeness (QED) is 0.832. The summed E-state index contributed by atoms with van der Waals surface area (Å²) < 4.78 is 0. The minimum absolute atomic E-state index is 0.0554. The van der Waals surface area contributed by atoms with Crippen LogP contribution in [-0.4, -0.2) is 77.5 Å². The fraction of sp³-hybridized carbons (Fsp3) is 0.786. The summed E-state index contributed by atoms with van der Waals surface area (Å²) in [6, 6.07) is -0.0554. The standard InChI is InChI=1S/C14H25N3O4/c1-14(2,12(19)20)16(5)11(18)10-6-8-17(9-7-10)13(21)15(3)4/h10H,6-9H2,1-5H3,(H,19,20). The number of hydrogen-bond donors (Lipinski definition) is 1. The SMILES string of the molecule is CN(C)C(=O)N1CCC(C(=O)N(C)C(C)(C)C(=O)O)CC1. The molecule has 0 spiro atoms. The number of carbonyl (C=O) groups excluding carboxylic acids is 2. The largest absolute Gasteiger partial charge is 0.480 e. The van der Waals surface area contributed by atoms with Crippen molar-refractivity contribution in [2.75, 3.05) is 34.2 Å². The Morgan fingerprint density at radius 2 is 1.57 bits per heavy atom. The summed E-state index contributed by atoms with van der Waals surface area (Å²) in [6.07, 6.45) is 1.14. The van der Waals surface area contributed by atoms with Crippen LogP contribution in [-0.2, 0) is 9.59 Å². The minimum Gasteiger partial charge on any atom is -0.480 e. The average Bonchev–Trinajstić information content (AvgIpc) is 2.44. The van der Waals surface area contributed by atoms with Crippen molar-refractivity contribution < 1.29 is 19.5 Å². The number of carboxylic acids is 1. The van der Waals surface area contributed by atoms with Gasteiger partial charge >= 0.3 is 12.0 Å². The Morgan fingerprint density at radius 3 is 1.95 bits per heavy atom. The predicted molar refractivity (Wildman–Crippen MR) is 77.9 cm³/mol. The van der Waals surface area contributed by atoms with Crippen LogP contribution in [0.5, 0.6) is 0 Å². The Kier molecular flexibility index (Phi) is 5.20. The Bertz CT molecular complexity index is 426. The van der Waals surface area contributed by atoms with Crippen molar-refractivity contribution in [1.82, 2.24) is 14.7 Å². The zero-order valence-corrected chi connectivity index (χ0v) is 13.4. The first-order valence-corrected chi connectivity index (χ1v) is 7.06. The zero-order valence-electron chi connectivity index (χ0n) is 13.4. The molecule has 0 aromatic rings. The topological polar surface area (TPSA) is 81.2 Å². The van der Waals surface area contributed by atoms with E-state index >= 15 is 0 Å². The fourth-order valence-corrected chi connectivity index (χ4v) is 2.29. The number of carbonyl (C=O) groups is 3. The van der Waals surface area contributed by atoms with Crippen LogP contribution in [0.2, 0.25) is 0 Å². The van der Waals surface area contributed by atoms with Crippen LogP contribution < -0.4 is 0 Å². The molecule has 120 valence electrons. The first-order chi connectivity index (χ1) is 9.59. The van der Waals surface area contributed by atoms with Crippen molar-refractivity contribution in [1.29, 1.82) is 0 Å². The van der Waals surface area contributed by atoms with Crippen molar-refractivity contribution in [2.45, 2.75) is 32.2 Å². The number of urea groups is 1. The van der Waals surface area contributed by atoms with E-state index in [0.29, 0.717) is 25.9 Å². The van der Waals surface area contributed by atoms with E-state index in [1.165, 1.54) is 30.7 Å². The van der Waals surface area contributed by atoms with Crippen LogP contribution in [0.3, 0.4) is 0 Å². The van der Waals surface area contributed by atoms with Crippen LogP contribution >= 0.6 is 0 Å². The van der Waals surface area contributed by atoms with Crippen molar-refractivity contribution in [3.63, 3.8) is 0 Å². The van der Waals surface area contributed by atoms with E-state index in [4.69, 9.17) is 0 Å². The summed E-state index contributed by atoms with van der Waals surface area (Å²) in [7, 11) is 4.92. The van der Waals surface area contributed by atoms with E-state index in [1.54, 1.807) is 19.0 Å². The molecule has 21 heavy (non-hydrogen) atoms. The molecule has 0 unspecified atom stereocenters. The first-order valence-electron chi connectivity index (χ1n) is 7.06. The highest BCUT2D eigenvalue weighted by Gasteiger charge is 2.39. The van der Waals surface area contributed by atoms with Crippen LogP contribution in [0.1, 0.15) is 26.7 Å². The molecule has 1 aliphatic rings. The number of amides is 3. The van der Waals surface area contributed by atoms with E-state index in [0.717, 1.165) is 0 Å². The number of carboxylic acid groups (broad SMARTS) is 1. The molecule has 1 rings (SSSR count). The van der Waals surface area contributed by atoms with Gasteiger partial charge in [0.2, 0.25) is 5.91 Å². The molecular formula is C14H25N3O4. The third kappa shape index (κ3) is 3.65. The molecule has 0 radical (unpaired) electrons. The van der Waals surface area contributed by atoms with Gasteiger partial charge in [-0.1, -0.05) is 0 Å². The monoisotopic (exact) mass is 299 g/mol. The van der Waals surface area contributed by atoms with Crippen LogP contribution in [0.15, 0.2) is 0 Å². The molecule has 1 heterocycles. The molecule has 1 aliphatic heterocycles. The Morgan fingerprint density at radius 1 is 1.10 bits per heavy atom. The highest BCUT2D eigenvalue weighted by molar-refractivity contribution is 5.87. The number of piperidine rings is 1. The molecule has 1 N–H and O–H groups in total. The molecule has 0 bridgehead atoms. The van der Waals surface area contributed by atoms with Gasteiger partial charge in [-0.05, 0) is 26.7 Å². The summed E-state index contributed by atoms with van der Waals surface area (Å²) in [5.41, 5.74) is -1.23. The number of likely N-dealkylation sites (N-methyl/N-ethyl adjacent to an activating group) is 1. The van der Waals surface area contributed by atoms with E-state index in [-0.39, 0.29) is 17.9 Å². The highest BCUT2D eigenvalue weighted by atomic mass is 16.4. The number of likely N-dealkylation sites (tertiary alicyclic amines) is 1. The lowest BCUT2D eigenvalue weighted by atomic mass is 9.93. The lowest BCUT2D eigenvalue weighted by Gasteiger charge is -2.38. The smallest absolute Gasteiger partial charge is 0.329 e. The van der Waals surface area contributed by atoms with Gasteiger partial charge in [0.1, 0.15) is 5.54 Å². The molecule has 1 saturated heterocycles. The summed E-state index contributed by atoms with van der Waals surface area (Å²) in [5.74, 6) is -1.42. The third-order valence-electron chi connectivity index (χ3n) is 4.19. The van der Waals surface area contributed by atoms with Crippen molar-refractivity contribution in [3.8, 4) is 0 Å². The molecule has 0 atom stereocenters. The van der Waals surface area contributed by atoms with Gasteiger partial charge in [0.15, 0.2) is 0 Å². The normalized spacial score (nSPS) is 16.5. The lowest BCUT2D eigenvalue weighted by molar-refractivity contribution is -0.157. The van der Waals surface area contributed by atoms with Gasteiger partial charge in [-0.25, -0.2) is 9.59 Å². The van der Waals surface area contributed by atoms with Crippen LogP contribution in [0, 0.1) is 5.92 Å². The highest BCUT2D eigenvalue weighted by Crippen LogP contribution is 2.23. The maximum Gasteiger partial charge on any atom is 0.329 e.